The van der Waals surface area contributed by atoms with E-state index in [0.29, 0.717) is 0 Å². The van der Waals surface area contributed by atoms with E-state index in [1.165, 1.54) is 11.9 Å². The van der Waals surface area contributed by atoms with Crippen molar-refractivity contribution in [2.75, 3.05) is 12.8 Å². The minimum absolute atomic E-state index is 0.0402. The number of amides is 2. The molecule has 2 amide bonds. The number of hydrogen-bond acceptors (Lipinski definition) is 5. The fourth-order valence-electron chi connectivity index (χ4n) is 1.19. The Labute approximate surface area is 114 Å². The zero-order valence-electron chi connectivity index (χ0n) is 9.46. The Kier molecular flexibility index (Phi) is 7.45. The van der Waals surface area contributed by atoms with Gasteiger partial charge in [0.25, 0.3) is 0 Å². The molecule has 8 heteroatoms. The van der Waals surface area contributed by atoms with E-state index in [2.05, 4.69) is 28.6 Å². The normalized spacial score (nSPS) is 13.8. The molecule has 0 heterocycles. The first-order chi connectivity index (χ1) is 7.81. The summed E-state index contributed by atoms with van der Waals surface area (Å²) in [5, 5.41) is 0. The van der Waals surface area contributed by atoms with Gasteiger partial charge in [0.15, 0.2) is 0 Å². The third-order valence-electron chi connectivity index (χ3n) is 2.28. The van der Waals surface area contributed by atoms with Gasteiger partial charge in [-0.15, -0.1) is 0 Å². The van der Waals surface area contributed by atoms with Gasteiger partial charge in [0.1, 0.15) is 0 Å². The van der Waals surface area contributed by atoms with Gasteiger partial charge in [-0.25, -0.2) is 0 Å². The van der Waals surface area contributed by atoms with Gasteiger partial charge in [-0.1, -0.05) is 0 Å². The zero-order valence-corrected chi connectivity index (χ0v) is 12.1. The van der Waals surface area contributed by atoms with Crippen LogP contribution < -0.4 is 11.5 Å². The van der Waals surface area contributed by atoms with Crippen molar-refractivity contribution in [2.24, 2.45) is 11.5 Å². The van der Waals surface area contributed by atoms with E-state index in [9.17, 15) is 14.4 Å². The van der Waals surface area contributed by atoms with Crippen molar-refractivity contribution in [3.05, 3.63) is 0 Å². The van der Waals surface area contributed by atoms with E-state index in [-0.39, 0.29) is 23.3 Å². The van der Waals surface area contributed by atoms with Crippen molar-refractivity contribution in [3.8, 4) is 0 Å². The minimum atomic E-state index is -0.839. The van der Waals surface area contributed by atoms with Gasteiger partial charge < -0.3 is 0 Å². The molecule has 0 bridgehead atoms. The molecule has 6 nitrogen and oxygen atoms in total. The van der Waals surface area contributed by atoms with Crippen molar-refractivity contribution in [3.63, 3.8) is 0 Å². The summed E-state index contributed by atoms with van der Waals surface area (Å²) in [6.07, 6.45) is 0.206. The van der Waals surface area contributed by atoms with Crippen LogP contribution in [-0.4, -0.2) is 62.3 Å². The first-order valence-electron chi connectivity index (χ1n) is 4.93. The Hall–Kier alpha value is -0.561. The average Bonchev–Trinajstić information content (AvgIpc) is 2.24. The van der Waals surface area contributed by atoms with Crippen molar-refractivity contribution in [1.82, 2.24) is 4.90 Å². The molecule has 4 N–H and O–H groups in total. The molecule has 17 heavy (non-hydrogen) atoms. The Morgan fingerprint density at radius 3 is 2.29 bits per heavy atom. The monoisotopic (exact) mass is 326 g/mol. The standard InChI is InChI=1S/C9H16N3O3SSe/c1-12(6(4-16)9(15)17)8(14)5(10)2-3-7(11)13/h5-6,16H,2-4,10H2,1H3,(H2,11,13)/t5-,6-/m0/s1. The van der Waals surface area contributed by atoms with Crippen LogP contribution in [0.3, 0.4) is 0 Å². The molecule has 2 atom stereocenters. The van der Waals surface area contributed by atoms with Gasteiger partial charge in [-0.2, -0.15) is 0 Å². The molecule has 0 fully saturated rings. The molecule has 0 aromatic heterocycles. The van der Waals surface area contributed by atoms with Crippen LogP contribution in [0.2, 0.25) is 0 Å². The molecular formula is C9H16N3O3SSe. The Bertz CT molecular complexity index is 314. The molecule has 0 aliphatic heterocycles. The van der Waals surface area contributed by atoms with Gasteiger partial charge >= 0.3 is 114 Å². The van der Waals surface area contributed by atoms with E-state index in [1.54, 1.807) is 0 Å². The molecule has 0 aliphatic carbocycles. The second kappa shape index (κ2) is 7.71. The second-order valence-corrected chi connectivity index (χ2v) is 4.79. The quantitative estimate of drug-likeness (QED) is 0.373. The summed E-state index contributed by atoms with van der Waals surface area (Å²) < 4.78 is -0.280. The summed E-state index contributed by atoms with van der Waals surface area (Å²) in [6, 6.07) is -1.49. The van der Waals surface area contributed by atoms with E-state index >= 15 is 0 Å². The van der Waals surface area contributed by atoms with Crippen LogP contribution in [0.4, 0.5) is 0 Å². The van der Waals surface area contributed by atoms with E-state index < -0.39 is 23.9 Å². The van der Waals surface area contributed by atoms with Gasteiger partial charge in [0, 0.05) is 0 Å². The summed E-state index contributed by atoms with van der Waals surface area (Å²) >= 11 is 6.31. The maximum absolute atomic E-state index is 11.8. The molecule has 0 rings (SSSR count). The number of hydrogen-bond donors (Lipinski definition) is 3. The number of nitrogens with zero attached hydrogens (tertiary/aromatic N) is 1. The molecule has 0 saturated heterocycles. The SMILES string of the molecule is CN(C(=O)[C@@H](N)CCC(N)=O)[C@@H](CS)C(=O)[Se]. The number of thiol groups is 1. The number of carbonyl (C=O) groups excluding carboxylic acids is 3. The number of nitrogens with two attached hydrogens (primary N) is 2. The number of likely N-dealkylation sites (N-methyl/N-ethyl adjacent to an activating group) is 1. The summed E-state index contributed by atoms with van der Waals surface area (Å²) in [5.41, 5.74) is 10.6. The molecular weight excluding hydrogens is 309 g/mol. The van der Waals surface area contributed by atoms with Crippen molar-refractivity contribution in [1.29, 1.82) is 0 Å². The van der Waals surface area contributed by atoms with Gasteiger partial charge in [0.05, 0.1) is 0 Å². The summed E-state index contributed by atoms with van der Waals surface area (Å²) in [7, 11) is 1.47. The third-order valence-corrected chi connectivity index (χ3v) is 3.20. The average molecular weight is 325 g/mol. The summed E-state index contributed by atoms with van der Waals surface area (Å²) in [4.78, 5) is 34.8. The predicted molar refractivity (Wildman–Crippen MR) is 67.6 cm³/mol. The van der Waals surface area contributed by atoms with E-state index in [1.807, 2.05) is 0 Å². The molecule has 97 valence electrons. The fraction of sp³-hybridized carbons (Fsp3) is 0.667. The number of rotatable bonds is 7. The molecule has 0 aromatic carbocycles. The fourth-order valence-corrected chi connectivity index (χ4v) is 2.39. The Morgan fingerprint density at radius 2 is 1.94 bits per heavy atom. The van der Waals surface area contributed by atoms with Crippen LogP contribution in [0.1, 0.15) is 12.8 Å². The van der Waals surface area contributed by atoms with Crippen molar-refractivity contribution in [2.45, 2.75) is 24.9 Å². The predicted octanol–water partition coefficient (Wildman–Crippen LogP) is -1.97. The van der Waals surface area contributed by atoms with Gasteiger partial charge in [-0.3, -0.25) is 0 Å². The van der Waals surface area contributed by atoms with Crippen LogP contribution >= 0.6 is 12.6 Å². The van der Waals surface area contributed by atoms with Crippen LogP contribution in [0.5, 0.6) is 0 Å². The first kappa shape index (κ1) is 16.4. The maximum atomic E-state index is 11.8. The third kappa shape index (κ3) is 5.54. The molecule has 0 unspecified atom stereocenters. The summed E-state index contributed by atoms with van der Waals surface area (Å²) in [5.74, 6) is -0.716. The van der Waals surface area contributed by atoms with E-state index in [0.717, 1.165) is 0 Å². The Balaban J connectivity index is 4.46. The molecule has 0 saturated carbocycles. The molecule has 1 radical (unpaired) electrons. The van der Waals surface area contributed by atoms with Crippen molar-refractivity contribution >= 4 is 45.1 Å². The Morgan fingerprint density at radius 1 is 1.41 bits per heavy atom. The molecule has 0 spiro atoms. The van der Waals surface area contributed by atoms with Gasteiger partial charge in [-0.05, 0) is 0 Å². The summed E-state index contributed by atoms with van der Waals surface area (Å²) in [6.45, 7) is 0. The number of primary amides is 1. The first-order valence-corrected chi connectivity index (χ1v) is 6.42. The van der Waals surface area contributed by atoms with Crippen LogP contribution in [-0.2, 0) is 14.4 Å². The van der Waals surface area contributed by atoms with E-state index in [4.69, 9.17) is 11.5 Å². The van der Waals surface area contributed by atoms with Crippen LogP contribution in [0.25, 0.3) is 0 Å². The van der Waals surface area contributed by atoms with Crippen LogP contribution in [0, 0.1) is 0 Å². The number of carbonyl (C=O) groups is 3. The molecule has 0 aliphatic rings. The van der Waals surface area contributed by atoms with Crippen molar-refractivity contribution < 1.29 is 14.4 Å². The van der Waals surface area contributed by atoms with Gasteiger partial charge in [0.2, 0.25) is 0 Å². The molecule has 0 aromatic rings. The topological polar surface area (TPSA) is 106 Å². The second-order valence-electron chi connectivity index (χ2n) is 3.58. The zero-order chi connectivity index (χ0) is 13.6. The van der Waals surface area contributed by atoms with Crippen LogP contribution in [0.15, 0.2) is 0 Å².